The summed E-state index contributed by atoms with van der Waals surface area (Å²) >= 11 is 0. The Hall–Kier alpha value is -1.81. The van der Waals surface area contributed by atoms with Crippen molar-refractivity contribution < 1.29 is 13.2 Å². The maximum absolute atomic E-state index is 11.5. The molecular weight excluding hydrogens is 489 g/mol. The molecule has 0 fully saturated rings. The Kier molecular flexibility index (Phi) is 9.74. The number of sulfone groups is 1. The van der Waals surface area contributed by atoms with Gasteiger partial charge in [0, 0.05) is 26.4 Å². The lowest BCUT2D eigenvalue weighted by Crippen LogP contribution is -2.37. The van der Waals surface area contributed by atoms with Crippen LogP contribution in [0.15, 0.2) is 52.4 Å². The number of aliphatic imine (C=N–C) groups is 1. The molecular formula is C20H28IN3O3S. The molecule has 2 aromatic rings. The van der Waals surface area contributed by atoms with Crippen LogP contribution >= 0.6 is 24.0 Å². The number of hydrogen-bond donors (Lipinski definition) is 2. The van der Waals surface area contributed by atoms with E-state index in [0.29, 0.717) is 23.9 Å². The highest BCUT2D eigenvalue weighted by Gasteiger charge is 2.06. The van der Waals surface area contributed by atoms with E-state index >= 15 is 0 Å². The van der Waals surface area contributed by atoms with Gasteiger partial charge in [0.1, 0.15) is 5.75 Å². The minimum atomic E-state index is -3.15. The summed E-state index contributed by atoms with van der Waals surface area (Å²) in [6, 6.07) is 13.1. The van der Waals surface area contributed by atoms with E-state index in [-0.39, 0.29) is 24.0 Å². The first-order chi connectivity index (χ1) is 12.8. The predicted molar refractivity (Wildman–Crippen MR) is 125 cm³/mol. The maximum atomic E-state index is 11.5. The number of ether oxygens (including phenoxy) is 1. The Morgan fingerprint density at radius 1 is 1.07 bits per heavy atom. The van der Waals surface area contributed by atoms with Crippen molar-refractivity contribution >= 4 is 39.8 Å². The standard InChI is InChI=1S/C20H27N3O3S.HI/c1-15-5-6-17(13-19(15)26-3)14-23-20(21-2)22-12-11-16-7-9-18(10-8-16)27(4,24)25;/h5-10,13H,11-12,14H2,1-4H3,(H2,21,22,23);1H. The molecule has 0 radical (unpaired) electrons. The first-order valence-corrected chi connectivity index (χ1v) is 10.6. The second-order valence-corrected chi connectivity index (χ2v) is 8.34. The van der Waals surface area contributed by atoms with Gasteiger partial charge in [0.2, 0.25) is 0 Å². The van der Waals surface area contributed by atoms with Gasteiger partial charge >= 0.3 is 0 Å². The van der Waals surface area contributed by atoms with Crippen molar-refractivity contribution in [1.29, 1.82) is 0 Å². The molecule has 2 rings (SSSR count). The molecule has 0 amide bonds. The molecule has 154 valence electrons. The zero-order valence-corrected chi connectivity index (χ0v) is 19.8. The number of hydrogen-bond acceptors (Lipinski definition) is 4. The minimum Gasteiger partial charge on any atom is -0.496 e. The second-order valence-electron chi connectivity index (χ2n) is 6.32. The SMILES string of the molecule is CN=C(NCCc1ccc(S(C)(=O)=O)cc1)NCc1ccc(C)c(OC)c1.I. The van der Waals surface area contributed by atoms with Crippen LogP contribution in [0.2, 0.25) is 0 Å². The smallest absolute Gasteiger partial charge is 0.191 e. The van der Waals surface area contributed by atoms with Crippen molar-refractivity contribution in [3.63, 3.8) is 0 Å². The second kappa shape index (κ2) is 11.3. The highest BCUT2D eigenvalue weighted by atomic mass is 127. The average Bonchev–Trinajstić information content (AvgIpc) is 2.65. The Balaban J connectivity index is 0.00000392. The fourth-order valence-corrected chi connectivity index (χ4v) is 3.24. The van der Waals surface area contributed by atoms with Crippen LogP contribution in [0.5, 0.6) is 5.75 Å². The highest BCUT2D eigenvalue weighted by Crippen LogP contribution is 2.18. The van der Waals surface area contributed by atoms with Crippen molar-refractivity contribution in [2.75, 3.05) is 27.0 Å². The van der Waals surface area contributed by atoms with E-state index in [1.54, 1.807) is 26.3 Å². The molecule has 6 nitrogen and oxygen atoms in total. The lowest BCUT2D eigenvalue weighted by atomic mass is 10.1. The van der Waals surface area contributed by atoms with E-state index in [4.69, 9.17) is 4.74 Å². The van der Waals surface area contributed by atoms with Gasteiger partial charge in [-0.25, -0.2) is 8.42 Å². The lowest BCUT2D eigenvalue weighted by molar-refractivity contribution is 0.411. The van der Waals surface area contributed by atoms with Crippen LogP contribution in [0, 0.1) is 6.92 Å². The Bertz CT molecular complexity index is 897. The quantitative estimate of drug-likeness (QED) is 0.336. The monoisotopic (exact) mass is 517 g/mol. The summed E-state index contributed by atoms with van der Waals surface area (Å²) in [5, 5.41) is 6.54. The molecule has 0 aromatic heterocycles. The molecule has 0 bridgehead atoms. The van der Waals surface area contributed by atoms with Crippen molar-refractivity contribution in [1.82, 2.24) is 10.6 Å². The van der Waals surface area contributed by atoms with E-state index < -0.39 is 9.84 Å². The molecule has 0 unspecified atom stereocenters. The molecule has 0 aliphatic rings. The third-order valence-electron chi connectivity index (χ3n) is 4.21. The van der Waals surface area contributed by atoms with E-state index in [9.17, 15) is 8.42 Å². The van der Waals surface area contributed by atoms with E-state index in [2.05, 4.69) is 21.7 Å². The minimum absolute atomic E-state index is 0. The number of guanidine groups is 1. The average molecular weight is 517 g/mol. The number of halogens is 1. The summed E-state index contributed by atoms with van der Waals surface area (Å²) in [4.78, 5) is 4.56. The fraction of sp³-hybridized carbons (Fsp3) is 0.350. The third kappa shape index (κ3) is 7.31. The van der Waals surface area contributed by atoms with Gasteiger partial charge in [0.15, 0.2) is 15.8 Å². The Morgan fingerprint density at radius 3 is 2.29 bits per heavy atom. The molecule has 0 aliphatic heterocycles. The van der Waals surface area contributed by atoms with Crippen LogP contribution in [-0.4, -0.2) is 41.3 Å². The third-order valence-corrected chi connectivity index (χ3v) is 5.34. The molecule has 0 atom stereocenters. The Morgan fingerprint density at radius 2 is 1.71 bits per heavy atom. The summed E-state index contributed by atoms with van der Waals surface area (Å²) in [6.07, 6.45) is 1.98. The fourth-order valence-electron chi connectivity index (χ4n) is 2.61. The Labute approximate surface area is 184 Å². The largest absolute Gasteiger partial charge is 0.496 e. The van der Waals surface area contributed by atoms with Crippen LogP contribution in [0.1, 0.15) is 16.7 Å². The molecule has 0 aliphatic carbocycles. The molecule has 28 heavy (non-hydrogen) atoms. The number of benzene rings is 2. The summed E-state index contributed by atoms with van der Waals surface area (Å²) in [6.45, 7) is 3.34. The van der Waals surface area contributed by atoms with Gasteiger partial charge in [-0.3, -0.25) is 4.99 Å². The maximum Gasteiger partial charge on any atom is 0.191 e. The predicted octanol–water partition coefficient (Wildman–Crippen LogP) is 2.93. The van der Waals surface area contributed by atoms with Gasteiger partial charge in [-0.1, -0.05) is 24.3 Å². The summed E-state index contributed by atoms with van der Waals surface area (Å²) in [7, 11) is 0.245. The molecule has 2 N–H and O–H groups in total. The van der Waals surface area contributed by atoms with Crippen molar-refractivity contribution in [3.8, 4) is 5.75 Å². The lowest BCUT2D eigenvalue weighted by Gasteiger charge is -2.13. The van der Waals surface area contributed by atoms with E-state index in [0.717, 1.165) is 28.9 Å². The van der Waals surface area contributed by atoms with Gasteiger partial charge < -0.3 is 15.4 Å². The molecule has 0 heterocycles. The van der Waals surface area contributed by atoms with Crippen LogP contribution in [0.3, 0.4) is 0 Å². The number of methoxy groups -OCH3 is 1. The normalized spacial score (nSPS) is 11.5. The molecule has 0 spiro atoms. The first kappa shape index (κ1) is 24.2. The molecule has 0 saturated heterocycles. The zero-order valence-electron chi connectivity index (χ0n) is 16.7. The highest BCUT2D eigenvalue weighted by molar-refractivity contribution is 14.0. The summed E-state index contributed by atoms with van der Waals surface area (Å²) < 4.78 is 28.3. The number of aryl methyl sites for hydroxylation is 1. The first-order valence-electron chi connectivity index (χ1n) is 8.70. The summed E-state index contributed by atoms with van der Waals surface area (Å²) in [5.74, 6) is 1.58. The van der Waals surface area contributed by atoms with E-state index in [1.807, 2.05) is 31.2 Å². The van der Waals surface area contributed by atoms with Crippen molar-refractivity contribution in [2.45, 2.75) is 24.8 Å². The van der Waals surface area contributed by atoms with Gasteiger partial charge in [-0.15, -0.1) is 24.0 Å². The van der Waals surface area contributed by atoms with Gasteiger partial charge in [-0.2, -0.15) is 0 Å². The van der Waals surface area contributed by atoms with Crippen molar-refractivity contribution in [2.24, 2.45) is 4.99 Å². The van der Waals surface area contributed by atoms with Gasteiger partial charge in [0.25, 0.3) is 0 Å². The topological polar surface area (TPSA) is 79.8 Å². The van der Waals surface area contributed by atoms with Crippen LogP contribution in [0.4, 0.5) is 0 Å². The molecule has 8 heteroatoms. The van der Waals surface area contributed by atoms with Crippen LogP contribution in [-0.2, 0) is 22.8 Å². The van der Waals surface area contributed by atoms with E-state index in [1.165, 1.54) is 6.26 Å². The van der Waals surface area contributed by atoms with Crippen LogP contribution in [0.25, 0.3) is 0 Å². The number of nitrogens with one attached hydrogen (secondary N) is 2. The van der Waals surface area contributed by atoms with Crippen LogP contribution < -0.4 is 15.4 Å². The van der Waals surface area contributed by atoms with Gasteiger partial charge in [-0.05, 0) is 48.2 Å². The van der Waals surface area contributed by atoms with Gasteiger partial charge in [0.05, 0.1) is 12.0 Å². The molecule has 2 aromatic carbocycles. The zero-order chi connectivity index (χ0) is 19.9. The van der Waals surface area contributed by atoms with Crippen molar-refractivity contribution in [3.05, 3.63) is 59.2 Å². The number of nitrogens with zero attached hydrogens (tertiary/aromatic N) is 1. The summed E-state index contributed by atoms with van der Waals surface area (Å²) in [5.41, 5.74) is 3.27. The molecule has 0 saturated carbocycles. The number of rotatable bonds is 7.